The van der Waals surface area contributed by atoms with Crippen molar-refractivity contribution in [2.24, 2.45) is 5.84 Å². The molecule has 0 saturated carbocycles. The van der Waals surface area contributed by atoms with Crippen LogP contribution in [0, 0.1) is 6.92 Å². The number of nitrogens with one attached hydrogen (secondary N) is 1. The van der Waals surface area contributed by atoms with E-state index in [1.165, 1.54) is 30.4 Å². The lowest BCUT2D eigenvalue weighted by Crippen LogP contribution is -2.28. The second-order valence-electron chi connectivity index (χ2n) is 4.44. The van der Waals surface area contributed by atoms with Gasteiger partial charge in [-0.2, -0.15) is 0 Å². The Kier molecular flexibility index (Phi) is 6.01. The van der Waals surface area contributed by atoms with Crippen molar-refractivity contribution in [3.63, 3.8) is 0 Å². The molecule has 0 aliphatic heterocycles. The zero-order valence-electron chi connectivity index (χ0n) is 11.1. The molecule has 3 heteroatoms. The van der Waals surface area contributed by atoms with Gasteiger partial charge in [-0.25, -0.2) is 0 Å². The number of benzene rings is 1. The maximum Gasteiger partial charge on any atom is 0.119 e. The minimum atomic E-state index is 0.243. The Morgan fingerprint density at radius 1 is 1.35 bits per heavy atom. The van der Waals surface area contributed by atoms with E-state index in [1.807, 2.05) is 6.07 Å². The number of aryl methyl sites for hydroxylation is 1. The molecular formula is C14H24N2O. The molecule has 0 fully saturated rings. The molecule has 1 aromatic rings. The highest BCUT2D eigenvalue weighted by Crippen LogP contribution is 2.25. The third-order valence-electron chi connectivity index (χ3n) is 3.15. The van der Waals surface area contributed by atoms with Crippen LogP contribution in [0.2, 0.25) is 0 Å². The van der Waals surface area contributed by atoms with E-state index in [4.69, 9.17) is 10.6 Å². The van der Waals surface area contributed by atoms with Crippen molar-refractivity contribution in [1.29, 1.82) is 0 Å². The Hall–Kier alpha value is -1.06. The van der Waals surface area contributed by atoms with Crippen LogP contribution in [0.5, 0.6) is 5.75 Å². The molecule has 0 bridgehead atoms. The normalized spacial score (nSPS) is 12.5. The van der Waals surface area contributed by atoms with E-state index >= 15 is 0 Å². The first-order valence-corrected chi connectivity index (χ1v) is 6.33. The van der Waals surface area contributed by atoms with Crippen LogP contribution in [0.3, 0.4) is 0 Å². The van der Waals surface area contributed by atoms with Crippen molar-refractivity contribution in [2.75, 3.05) is 7.11 Å². The molecule has 3 nitrogen and oxygen atoms in total. The van der Waals surface area contributed by atoms with E-state index in [-0.39, 0.29) is 6.04 Å². The number of ether oxygens (including phenoxy) is 1. The van der Waals surface area contributed by atoms with Crippen LogP contribution in [0.25, 0.3) is 0 Å². The van der Waals surface area contributed by atoms with E-state index < -0.39 is 0 Å². The Bertz CT molecular complexity index is 339. The predicted octanol–water partition coefficient (Wildman–Crippen LogP) is 3.09. The highest BCUT2D eigenvalue weighted by atomic mass is 16.5. The second kappa shape index (κ2) is 7.30. The first-order valence-electron chi connectivity index (χ1n) is 6.33. The molecule has 1 aromatic carbocycles. The fraction of sp³-hybridized carbons (Fsp3) is 0.571. The van der Waals surface area contributed by atoms with Gasteiger partial charge < -0.3 is 4.74 Å². The molecule has 3 N–H and O–H groups in total. The second-order valence-corrected chi connectivity index (χ2v) is 4.44. The molecular weight excluding hydrogens is 212 g/mol. The molecule has 1 atom stereocenters. The zero-order valence-corrected chi connectivity index (χ0v) is 11.1. The summed E-state index contributed by atoms with van der Waals surface area (Å²) >= 11 is 0. The van der Waals surface area contributed by atoms with Gasteiger partial charge in [-0.3, -0.25) is 11.3 Å². The highest BCUT2D eigenvalue weighted by Gasteiger charge is 2.12. The first-order chi connectivity index (χ1) is 8.22. The van der Waals surface area contributed by atoms with Gasteiger partial charge in [-0.05, 0) is 36.6 Å². The first kappa shape index (κ1) is 14.0. The zero-order chi connectivity index (χ0) is 12.7. The number of hydrogen-bond acceptors (Lipinski definition) is 3. The van der Waals surface area contributed by atoms with Gasteiger partial charge in [-0.15, -0.1) is 0 Å². The highest BCUT2D eigenvalue weighted by molar-refractivity contribution is 5.36. The third kappa shape index (κ3) is 4.02. The van der Waals surface area contributed by atoms with E-state index in [1.54, 1.807) is 7.11 Å². The molecule has 0 spiro atoms. The smallest absolute Gasteiger partial charge is 0.119 e. The standard InChI is InChI=1S/C14H24N2O/c1-4-5-6-7-14(16-15)13-9-8-12(17-3)10-11(13)2/h8-10,14,16H,4-7,15H2,1-3H3. The lowest BCUT2D eigenvalue weighted by molar-refractivity contribution is 0.413. The van der Waals surface area contributed by atoms with E-state index in [9.17, 15) is 0 Å². The summed E-state index contributed by atoms with van der Waals surface area (Å²) < 4.78 is 5.21. The molecule has 0 radical (unpaired) electrons. The van der Waals surface area contributed by atoms with Crippen LogP contribution in [-0.4, -0.2) is 7.11 Å². The number of rotatable bonds is 7. The Morgan fingerprint density at radius 2 is 2.12 bits per heavy atom. The number of methoxy groups -OCH3 is 1. The largest absolute Gasteiger partial charge is 0.497 e. The summed E-state index contributed by atoms with van der Waals surface area (Å²) in [6.45, 7) is 4.31. The molecule has 0 amide bonds. The molecule has 96 valence electrons. The summed E-state index contributed by atoms with van der Waals surface area (Å²) in [6, 6.07) is 6.39. The van der Waals surface area contributed by atoms with Gasteiger partial charge in [0.15, 0.2) is 0 Å². The molecule has 1 unspecified atom stereocenters. The van der Waals surface area contributed by atoms with Crippen LogP contribution in [0.4, 0.5) is 0 Å². The Labute approximate surface area is 104 Å². The van der Waals surface area contributed by atoms with Crippen molar-refractivity contribution in [3.05, 3.63) is 29.3 Å². The van der Waals surface area contributed by atoms with Crippen molar-refractivity contribution in [3.8, 4) is 5.75 Å². The lowest BCUT2D eigenvalue weighted by atomic mass is 9.97. The molecule has 17 heavy (non-hydrogen) atoms. The summed E-state index contributed by atoms with van der Waals surface area (Å²) in [5.74, 6) is 6.54. The van der Waals surface area contributed by atoms with Gasteiger partial charge in [0, 0.05) is 6.04 Å². The monoisotopic (exact) mass is 236 g/mol. The summed E-state index contributed by atoms with van der Waals surface area (Å²) in [6.07, 6.45) is 4.78. The van der Waals surface area contributed by atoms with Crippen molar-refractivity contribution in [2.45, 2.75) is 45.6 Å². The molecule has 0 aliphatic rings. The average molecular weight is 236 g/mol. The fourth-order valence-corrected chi connectivity index (χ4v) is 2.09. The van der Waals surface area contributed by atoms with E-state index in [0.29, 0.717) is 0 Å². The van der Waals surface area contributed by atoms with Gasteiger partial charge in [0.2, 0.25) is 0 Å². The Balaban J connectivity index is 2.73. The van der Waals surface area contributed by atoms with Gasteiger partial charge in [0.1, 0.15) is 5.75 Å². The SMILES string of the molecule is CCCCCC(NN)c1ccc(OC)cc1C. The summed E-state index contributed by atoms with van der Waals surface area (Å²) in [4.78, 5) is 0. The Morgan fingerprint density at radius 3 is 2.65 bits per heavy atom. The van der Waals surface area contributed by atoms with Crippen LogP contribution >= 0.6 is 0 Å². The van der Waals surface area contributed by atoms with Gasteiger partial charge in [0.25, 0.3) is 0 Å². The number of hydrazine groups is 1. The molecule has 0 aromatic heterocycles. The van der Waals surface area contributed by atoms with Crippen LogP contribution < -0.4 is 16.0 Å². The fourth-order valence-electron chi connectivity index (χ4n) is 2.09. The topological polar surface area (TPSA) is 47.3 Å². The van der Waals surface area contributed by atoms with E-state index in [2.05, 4.69) is 31.4 Å². The third-order valence-corrected chi connectivity index (χ3v) is 3.15. The maximum atomic E-state index is 5.65. The molecule has 0 aliphatic carbocycles. The number of unbranched alkanes of at least 4 members (excludes halogenated alkanes) is 2. The average Bonchev–Trinajstić information content (AvgIpc) is 2.35. The number of nitrogens with two attached hydrogens (primary N) is 1. The van der Waals surface area contributed by atoms with E-state index in [0.717, 1.165) is 12.2 Å². The summed E-state index contributed by atoms with van der Waals surface area (Å²) in [5.41, 5.74) is 5.41. The predicted molar refractivity (Wildman–Crippen MR) is 71.9 cm³/mol. The van der Waals surface area contributed by atoms with Gasteiger partial charge in [0.05, 0.1) is 7.11 Å². The van der Waals surface area contributed by atoms with Crippen molar-refractivity contribution in [1.82, 2.24) is 5.43 Å². The minimum Gasteiger partial charge on any atom is -0.497 e. The van der Waals surface area contributed by atoms with Crippen molar-refractivity contribution >= 4 is 0 Å². The van der Waals surface area contributed by atoms with Crippen LogP contribution in [-0.2, 0) is 0 Å². The minimum absolute atomic E-state index is 0.243. The number of hydrogen-bond donors (Lipinski definition) is 2. The maximum absolute atomic E-state index is 5.65. The molecule has 0 saturated heterocycles. The lowest BCUT2D eigenvalue weighted by Gasteiger charge is -2.19. The van der Waals surface area contributed by atoms with Crippen LogP contribution in [0.1, 0.15) is 49.8 Å². The quantitative estimate of drug-likeness (QED) is 0.434. The molecule has 1 rings (SSSR count). The van der Waals surface area contributed by atoms with Crippen molar-refractivity contribution < 1.29 is 4.74 Å². The molecule has 0 heterocycles. The summed E-state index contributed by atoms with van der Waals surface area (Å²) in [7, 11) is 1.69. The van der Waals surface area contributed by atoms with Gasteiger partial charge >= 0.3 is 0 Å². The summed E-state index contributed by atoms with van der Waals surface area (Å²) in [5, 5.41) is 0. The van der Waals surface area contributed by atoms with Gasteiger partial charge in [-0.1, -0.05) is 32.3 Å². The van der Waals surface area contributed by atoms with Crippen LogP contribution in [0.15, 0.2) is 18.2 Å².